The molecule has 26 heavy (non-hydrogen) atoms. The van der Waals surface area contributed by atoms with Gasteiger partial charge in [0.05, 0.1) is 17.7 Å². The highest BCUT2D eigenvalue weighted by atomic mass is 32.2. The van der Waals surface area contributed by atoms with E-state index in [-0.39, 0.29) is 17.5 Å². The predicted octanol–water partition coefficient (Wildman–Crippen LogP) is 3.63. The molecule has 138 valence electrons. The molecule has 5 nitrogen and oxygen atoms in total. The van der Waals surface area contributed by atoms with Crippen LogP contribution in [0.3, 0.4) is 0 Å². The lowest BCUT2D eigenvalue weighted by Gasteiger charge is -2.29. The Morgan fingerprint density at radius 1 is 1.15 bits per heavy atom. The van der Waals surface area contributed by atoms with Crippen LogP contribution >= 0.6 is 0 Å². The van der Waals surface area contributed by atoms with Gasteiger partial charge in [0.2, 0.25) is 10.0 Å². The minimum atomic E-state index is -3.75. The van der Waals surface area contributed by atoms with Crippen molar-refractivity contribution in [1.82, 2.24) is 4.31 Å². The fraction of sp³-hybridized carbons (Fsp3) is 0.250. The maximum absolute atomic E-state index is 13.2. The third-order valence-corrected chi connectivity index (χ3v) is 6.06. The summed E-state index contributed by atoms with van der Waals surface area (Å²) < 4.78 is 27.8. The molecule has 1 atom stereocenters. The summed E-state index contributed by atoms with van der Waals surface area (Å²) in [6, 6.07) is 16.1. The van der Waals surface area contributed by atoms with Crippen LogP contribution in [0.4, 0.5) is 0 Å². The molecule has 0 aromatic heterocycles. The van der Waals surface area contributed by atoms with E-state index in [0.29, 0.717) is 12.8 Å². The van der Waals surface area contributed by atoms with E-state index in [1.54, 1.807) is 30.3 Å². The van der Waals surface area contributed by atoms with Crippen molar-refractivity contribution in [2.45, 2.75) is 30.7 Å². The van der Waals surface area contributed by atoms with Crippen LogP contribution in [0.1, 0.15) is 17.5 Å². The van der Waals surface area contributed by atoms with E-state index in [4.69, 9.17) is 5.21 Å². The van der Waals surface area contributed by atoms with Gasteiger partial charge in [0, 0.05) is 6.04 Å². The molecular formula is C20H24N2O3S. The third-order valence-electron chi connectivity index (χ3n) is 4.13. The van der Waals surface area contributed by atoms with Gasteiger partial charge in [-0.15, -0.1) is 11.7 Å². The van der Waals surface area contributed by atoms with Gasteiger partial charge >= 0.3 is 0 Å². The number of sulfonamides is 1. The summed E-state index contributed by atoms with van der Waals surface area (Å²) >= 11 is 0. The molecule has 0 fully saturated rings. The lowest BCUT2D eigenvalue weighted by molar-refractivity contribution is 0.312. The Morgan fingerprint density at radius 3 is 2.38 bits per heavy atom. The molecule has 0 saturated heterocycles. The molecule has 0 bridgehead atoms. The summed E-state index contributed by atoms with van der Waals surface area (Å²) in [5.41, 5.74) is 2.02. The zero-order chi connectivity index (χ0) is 19.0. The number of oxime groups is 1. The smallest absolute Gasteiger partial charge is 0.243 e. The molecule has 2 rings (SSSR count). The zero-order valence-electron chi connectivity index (χ0n) is 14.8. The molecule has 2 aromatic rings. The minimum Gasteiger partial charge on any atom is -0.411 e. The lowest BCUT2D eigenvalue weighted by atomic mass is 10.0. The Balaban J connectivity index is 2.41. The molecular weight excluding hydrogens is 348 g/mol. The molecule has 0 heterocycles. The van der Waals surface area contributed by atoms with E-state index in [2.05, 4.69) is 11.7 Å². The quantitative estimate of drug-likeness (QED) is 0.316. The Labute approximate surface area is 155 Å². The number of benzene rings is 2. The maximum Gasteiger partial charge on any atom is 0.243 e. The molecule has 0 amide bonds. The van der Waals surface area contributed by atoms with Gasteiger partial charge in [-0.2, -0.15) is 4.31 Å². The summed E-state index contributed by atoms with van der Waals surface area (Å²) in [7, 11) is -3.75. The molecule has 1 N–H and O–H groups in total. The Kier molecular flexibility index (Phi) is 7.12. The van der Waals surface area contributed by atoms with Crippen molar-refractivity contribution >= 4 is 16.2 Å². The zero-order valence-corrected chi connectivity index (χ0v) is 15.6. The van der Waals surface area contributed by atoms with Crippen LogP contribution in [0, 0.1) is 6.92 Å². The molecule has 6 heteroatoms. The first kappa shape index (κ1) is 19.9. The van der Waals surface area contributed by atoms with E-state index in [9.17, 15) is 8.42 Å². The van der Waals surface area contributed by atoms with Crippen molar-refractivity contribution in [3.8, 4) is 0 Å². The van der Waals surface area contributed by atoms with Crippen LogP contribution < -0.4 is 0 Å². The summed E-state index contributed by atoms with van der Waals surface area (Å²) in [6.07, 6.45) is 3.92. The second-order valence-corrected chi connectivity index (χ2v) is 7.94. The largest absolute Gasteiger partial charge is 0.411 e. The fourth-order valence-corrected chi connectivity index (χ4v) is 4.35. The van der Waals surface area contributed by atoms with Crippen molar-refractivity contribution in [3.05, 3.63) is 78.4 Å². The number of aryl methyl sites for hydroxylation is 1. The normalized spacial score (nSPS) is 13.2. The first-order valence-electron chi connectivity index (χ1n) is 8.38. The van der Waals surface area contributed by atoms with Gasteiger partial charge in [0.1, 0.15) is 0 Å². The van der Waals surface area contributed by atoms with Crippen molar-refractivity contribution in [3.63, 3.8) is 0 Å². The van der Waals surface area contributed by atoms with Crippen LogP contribution in [-0.4, -0.2) is 36.7 Å². The fourth-order valence-electron chi connectivity index (χ4n) is 2.79. The second-order valence-electron chi connectivity index (χ2n) is 6.05. The van der Waals surface area contributed by atoms with Crippen LogP contribution in [0.2, 0.25) is 0 Å². The van der Waals surface area contributed by atoms with E-state index < -0.39 is 10.0 Å². The molecule has 0 aliphatic heterocycles. The highest BCUT2D eigenvalue weighted by Gasteiger charge is 2.30. The SMILES string of the molecule is C=CCC(Cc1ccccc1)N(C/C=N\O)S(=O)(=O)c1ccc(C)cc1. The maximum atomic E-state index is 13.2. The van der Waals surface area contributed by atoms with E-state index >= 15 is 0 Å². The topological polar surface area (TPSA) is 70.0 Å². The Hall–Kier alpha value is -2.44. The first-order chi connectivity index (χ1) is 12.5. The molecule has 0 saturated carbocycles. The van der Waals surface area contributed by atoms with Crippen molar-refractivity contribution in [1.29, 1.82) is 0 Å². The third kappa shape index (κ3) is 5.03. The lowest BCUT2D eigenvalue weighted by Crippen LogP contribution is -2.42. The Bertz CT molecular complexity index is 831. The van der Waals surface area contributed by atoms with Crippen molar-refractivity contribution in [2.75, 3.05) is 6.54 Å². The van der Waals surface area contributed by atoms with Crippen molar-refractivity contribution in [2.24, 2.45) is 5.16 Å². The number of hydrogen-bond acceptors (Lipinski definition) is 4. The number of rotatable bonds is 9. The molecule has 2 aromatic carbocycles. The average molecular weight is 372 g/mol. The van der Waals surface area contributed by atoms with Gasteiger partial charge in [-0.25, -0.2) is 8.42 Å². The summed E-state index contributed by atoms with van der Waals surface area (Å²) in [5.74, 6) is 0. The molecule has 0 aliphatic rings. The predicted molar refractivity (Wildman–Crippen MR) is 104 cm³/mol. The van der Waals surface area contributed by atoms with Crippen LogP contribution in [0.15, 0.2) is 77.3 Å². The second kappa shape index (κ2) is 9.31. The molecule has 1 unspecified atom stereocenters. The average Bonchev–Trinajstić information content (AvgIpc) is 2.63. The summed E-state index contributed by atoms with van der Waals surface area (Å²) in [4.78, 5) is 0.219. The summed E-state index contributed by atoms with van der Waals surface area (Å²) in [6.45, 7) is 5.66. The van der Waals surface area contributed by atoms with Crippen LogP contribution in [-0.2, 0) is 16.4 Å². The number of nitrogens with zero attached hydrogens (tertiary/aromatic N) is 2. The molecule has 0 spiro atoms. The van der Waals surface area contributed by atoms with Crippen LogP contribution in [0.5, 0.6) is 0 Å². The van der Waals surface area contributed by atoms with Gasteiger partial charge in [0.25, 0.3) is 0 Å². The highest BCUT2D eigenvalue weighted by molar-refractivity contribution is 7.89. The number of hydrogen-bond donors (Lipinski definition) is 1. The first-order valence-corrected chi connectivity index (χ1v) is 9.82. The van der Waals surface area contributed by atoms with Crippen LogP contribution in [0.25, 0.3) is 0 Å². The Morgan fingerprint density at radius 2 is 1.81 bits per heavy atom. The van der Waals surface area contributed by atoms with Gasteiger partial charge in [-0.05, 0) is 37.5 Å². The van der Waals surface area contributed by atoms with Gasteiger partial charge in [-0.3, -0.25) is 0 Å². The van der Waals surface area contributed by atoms with Crippen molar-refractivity contribution < 1.29 is 13.6 Å². The minimum absolute atomic E-state index is 0.0158. The summed E-state index contributed by atoms with van der Waals surface area (Å²) in [5, 5.41) is 11.8. The highest BCUT2D eigenvalue weighted by Crippen LogP contribution is 2.22. The van der Waals surface area contributed by atoms with Gasteiger partial charge in [-0.1, -0.05) is 54.1 Å². The standard InChI is InChI=1S/C20H24N2O3S/c1-3-7-19(16-18-8-5-4-6-9-18)22(15-14-21-23)26(24,25)20-12-10-17(2)11-13-20/h3-6,8-14,19,23H,1,7,15-16H2,2H3/b21-14-. The van der Waals surface area contributed by atoms with E-state index in [0.717, 1.165) is 11.1 Å². The van der Waals surface area contributed by atoms with Gasteiger partial charge < -0.3 is 5.21 Å². The monoisotopic (exact) mass is 372 g/mol. The molecule has 0 radical (unpaired) electrons. The van der Waals surface area contributed by atoms with Gasteiger partial charge in [0.15, 0.2) is 0 Å². The van der Waals surface area contributed by atoms with E-state index in [1.807, 2.05) is 37.3 Å². The van der Waals surface area contributed by atoms with E-state index in [1.165, 1.54) is 10.5 Å². The molecule has 0 aliphatic carbocycles.